The summed E-state index contributed by atoms with van der Waals surface area (Å²) in [5.41, 5.74) is 1.87. The molecule has 0 aromatic heterocycles. The van der Waals surface area contributed by atoms with Gasteiger partial charge >= 0.3 is 0 Å². The Labute approximate surface area is 166 Å². The Bertz CT molecular complexity index is 857. The van der Waals surface area contributed by atoms with Gasteiger partial charge in [-0.25, -0.2) is 8.42 Å². The summed E-state index contributed by atoms with van der Waals surface area (Å²) in [6, 6.07) is 17.0. The predicted molar refractivity (Wildman–Crippen MR) is 109 cm³/mol. The molecule has 0 unspecified atom stereocenters. The maximum Gasteiger partial charge on any atom is 0.235 e. The number of carbonyl (C=O) groups is 1. The second kappa shape index (κ2) is 9.88. The average Bonchev–Trinajstić information content (AvgIpc) is 2.61. The molecule has 1 atom stereocenters. The highest BCUT2D eigenvalue weighted by atomic mass is 35.5. The molecule has 2 rings (SSSR count). The second-order valence-electron chi connectivity index (χ2n) is 6.62. The largest absolute Gasteiger partial charge is 0.352 e. The smallest absolute Gasteiger partial charge is 0.235 e. The molecule has 0 fully saturated rings. The van der Waals surface area contributed by atoms with Crippen molar-refractivity contribution in [3.05, 3.63) is 70.7 Å². The molecule has 146 valence electrons. The Morgan fingerprint density at radius 1 is 1.11 bits per heavy atom. The molecule has 7 heteroatoms. The minimum atomic E-state index is -3.55. The van der Waals surface area contributed by atoms with Crippen molar-refractivity contribution in [3.8, 4) is 0 Å². The molecule has 0 aliphatic heterocycles. The first-order valence-electron chi connectivity index (χ1n) is 8.77. The van der Waals surface area contributed by atoms with E-state index in [9.17, 15) is 13.2 Å². The summed E-state index contributed by atoms with van der Waals surface area (Å²) in [6.45, 7) is 1.74. The summed E-state index contributed by atoms with van der Waals surface area (Å²) < 4.78 is 25.3. The second-order valence-corrected chi connectivity index (χ2v) is 9.00. The molecule has 0 saturated carbocycles. The lowest BCUT2D eigenvalue weighted by Crippen LogP contribution is -2.43. The number of aryl methyl sites for hydroxylation is 1. The van der Waals surface area contributed by atoms with Gasteiger partial charge in [0, 0.05) is 17.6 Å². The van der Waals surface area contributed by atoms with Crippen LogP contribution < -0.4 is 5.32 Å². The van der Waals surface area contributed by atoms with Crippen molar-refractivity contribution in [3.63, 3.8) is 0 Å². The maximum atomic E-state index is 12.3. The van der Waals surface area contributed by atoms with E-state index in [4.69, 9.17) is 11.6 Å². The van der Waals surface area contributed by atoms with E-state index < -0.39 is 10.0 Å². The number of hydrogen-bond acceptors (Lipinski definition) is 3. The van der Waals surface area contributed by atoms with Crippen molar-refractivity contribution in [2.45, 2.75) is 32.4 Å². The van der Waals surface area contributed by atoms with Crippen molar-refractivity contribution in [1.82, 2.24) is 9.62 Å². The van der Waals surface area contributed by atoms with Gasteiger partial charge in [0.1, 0.15) is 0 Å². The summed E-state index contributed by atoms with van der Waals surface area (Å²) in [6.07, 6.45) is 2.72. The van der Waals surface area contributed by atoms with Gasteiger partial charge < -0.3 is 5.32 Å². The molecule has 27 heavy (non-hydrogen) atoms. The van der Waals surface area contributed by atoms with Gasteiger partial charge in [0.2, 0.25) is 15.9 Å². The number of nitrogens with zero attached hydrogens (tertiary/aromatic N) is 1. The molecule has 0 aliphatic carbocycles. The predicted octanol–water partition coefficient (Wildman–Crippen LogP) is 3.24. The van der Waals surface area contributed by atoms with Gasteiger partial charge in [0.25, 0.3) is 0 Å². The van der Waals surface area contributed by atoms with Crippen molar-refractivity contribution in [1.29, 1.82) is 0 Å². The van der Waals surface area contributed by atoms with Crippen LogP contribution in [0.5, 0.6) is 0 Å². The van der Waals surface area contributed by atoms with E-state index in [1.165, 1.54) is 5.56 Å². The van der Waals surface area contributed by atoms with E-state index in [0.717, 1.165) is 23.4 Å². The molecule has 0 radical (unpaired) electrons. The van der Waals surface area contributed by atoms with Crippen molar-refractivity contribution in [2.75, 3.05) is 12.8 Å². The van der Waals surface area contributed by atoms with Crippen LogP contribution in [0.15, 0.2) is 54.6 Å². The maximum absolute atomic E-state index is 12.3. The normalized spacial score (nSPS) is 12.7. The fraction of sp³-hybridized carbons (Fsp3) is 0.350. The third kappa shape index (κ3) is 7.33. The molecule has 1 N–H and O–H groups in total. The number of carbonyl (C=O) groups excluding carboxylic acids is 1. The van der Waals surface area contributed by atoms with E-state index in [1.54, 1.807) is 24.3 Å². The van der Waals surface area contributed by atoms with Crippen molar-refractivity contribution < 1.29 is 13.2 Å². The summed E-state index contributed by atoms with van der Waals surface area (Å²) in [7, 11) is -3.55. The molecule has 0 saturated heterocycles. The molecule has 2 aromatic carbocycles. The first-order valence-corrected chi connectivity index (χ1v) is 11.0. The molecular weight excluding hydrogens is 384 g/mol. The first-order chi connectivity index (χ1) is 12.8. The Kier molecular flexibility index (Phi) is 7.83. The molecule has 0 aliphatic rings. The number of rotatable bonds is 9. The molecule has 5 nitrogen and oxygen atoms in total. The summed E-state index contributed by atoms with van der Waals surface area (Å²) in [5.74, 6) is -0.326. The van der Waals surface area contributed by atoms with Gasteiger partial charge in [-0.1, -0.05) is 60.1 Å². The minimum Gasteiger partial charge on any atom is -0.352 e. The van der Waals surface area contributed by atoms with Gasteiger partial charge in [0.05, 0.1) is 12.8 Å². The number of halogens is 1. The standard InChI is InChI=1S/C20H25ClN2O3S/c1-16(12-13-17-8-4-3-5-9-17)22-20(24)15-23(27(2,25)26)14-18-10-6-7-11-19(18)21/h3-11,16H,12-15H2,1-2H3,(H,22,24)/t16-/m1/s1. The Morgan fingerprint density at radius 2 is 1.74 bits per heavy atom. The minimum absolute atomic E-state index is 0.0561. The molecule has 2 aromatic rings. The molecule has 1 amide bonds. The molecular formula is C20H25ClN2O3S. The zero-order valence-electron chi connectivity index (χ0n) is 15.6. The van der Waals surface area contributed by atoms with Crippen LogP contribution in [0.2, 0.25) is 5.02 Å². The van der Waals surface area contributed by atoms with Crippen molar-refractivity contribution >= 4 is 27.5 Å². The fourth-order valence-corrected chi connectivity index (χ4v) is 3.61. The van der Waals surface area contributed by atoms with Crippen LogP contribution in [0.1, 0.15) is 24.5 Å². The lowest BCUT2D eigenvalue weighted by molar-refractivity contribution is -0.122. The Hall–Kier alpha value is -1.89. The SMILES string of the molecule is C[C@H](CCc1ccccc1)NC(=O)CN(Cc1ccccc1Cl)S(C)(=O)=O. The zero-order valence-corrected chi connectivity index (χ0v) is 17.1. The van der Waals surface area contributed by atoms with Gasteiger partial charge in [0.15, 0.2) is 0 Å². The third-order valence-electron chi connectivity index (χ3n) is 4.21. The lowest BCUT2D eigenvalue weighted by atomic mass is 10.1. The molecule has 0 bridgehead atoms. The van der Waals surface area contributed by atoms with E-state index >= 15 is 0 Å². The van der Waals surface area contributed by atoms with E-state index in [-0.39, 0.29) is 25.0 Å². The highest BCUT2D eigenvalue weighted by Gasteiger charge is 2.22. The summed E-state index contributed by atoms with van der Waals surface area (Å²) >= 11 is 6.12. The van der Waals surface area contributed by atoms with Crippen LogP contribution >= 0.6 is 11.6 Å². The topological polar surface area (TPSA) is 66.5 Å². The first kappa shape index (κ1) is 21.4. The van der Waals surface area contributed by atoms with Crippen LogP contribution in [0.25, 0.3) is 0 Å². The van der Waals surface area contributed by atoms with Gasteiger partial charge in [-0.2, -0.15) is 4.31 Å². The van der Waals surface area contributed by atoms with Gasteiger partial charge in [-0.15, -0.1) is 0 Å². The number of hydrogen-bond donors (Lipinski definition) is 1. The monoisotopic (exact) mass is 408 g/mol. The lowest BCUT2D eigenvalue weighted by Gasteiger charge is -2.21. The Morgan fingerprint density at radius 3 is 2.37 bits per heavy atom. The number of nitrogens with one attached hydrogen (secondary N) is 1. The summed E-state index contributed by atoms with van der Waals surface area (Å²) in [4.78, 5) is 12.3. The van der Waals surface area contributed by atoms with Crippen LogP contribution in [0.4, 0.5) is 0 Å². The zero-order chi connectivity index (χ0) is 19.9. The molecule has 0 spiro atoms. The number of sulfonamides is 1. The van der Waals surface area contributed by atoms with Crippen molar-refractivity contribution in [2.24, 2.45) is 0 Å². The van der Waals surface area contributed by atoms with E-state index in [2.05, 4.69) is 5.32 Å². The summed E-state index contributed by atoms with van der Waals surface area (Å²) in [5, 5.41) is 3.35. The number of benzene rings is 2. The average molecular weight is 409 g/mol. The highest BCUT2D eigenvalue weighted by Crippen LogP contribution is 2.18. The van der Waals surface area contributed by atoms with Gasteiger partial charge in [-0.05, 0) is 37.0 Å². The van der Waals surface area contributed by atoms with Crippen LogP contribution in [0.3, 0.4) is 0 Å². The highest BCUT2D eigenvalue weighted by molar-refractivity contribution is 7.88. The van der Waals surface area contributed by atoms with Crippen LogP contribution in [-0.2, 0) is 27.8 Å². The number of amides is 1. The van der Waals surface area contributed by atoms with E-state index in [1.807, 2.05) is 37.3 Å². The van der Waals surface area contributed by atoms with Gasteiger partial charge in [-0.3, -0.25) is 4.79 Å². The van der Waals surface area contributed by atoms with Crippen LogP contribution in [-0.4, -0.2) is 37.5 Å². The quantitative estimate of drug-likeness (QED) is 0.692. The third-order valence-corrected chi connectivity index (χ3v) is 5.77. The van der Waals surface area contributed by atoms with Crippen LogP contribution in [0, 0.1) is 0 Å². The van der Waals surface area contributed by atoms with E-state index in [0.29, 0.717) is 10.6 Å². The Balaban J connectivity index is 1.92. The molecule has 0 heterocycles. The fourth-order valence-electron chi connectivity index (χ4n) is 2.69.